The van der Waals surface area contributed by atoms with E-state index < -0.39 is 11.5 Å². The number of carbonyl (C=O) groups is 1. The van der Waals surface area contributed by atoms with Gasteiger partial charge in [-0.2, -0.15) is 0 Å². The summed E-state index contributed by atoms with van der Waals surface area (Å²) in [4.78, 5) is 12.6. The van der Waals surface area contributed by atoms with Gasteiger partial charge in [-0.1, -0.05) is 24.6 Å². The number of likely N-dealkylation sites (N-methyl/N-ethyl adjacent to an activating group) is 1. The molecule has 0 radical (unpaired) electrons. The Bertz CT molecular complexity index is 469. The van der Waals surface area contributed by atoms with Crippen LogP contribution in [0.25, 0.3) is 0 Å². The van der Waals surface area contributed by atoms with Crippen molar-refractivity contribution in [2.24, 2.45) is 0 Å². The first-order chi connectivity index (χ1) is 9.05. The minimum absolute atomic E-state index is 0.327. The van der Waals surface area contributed by atoms with Crippen molar-refractivity contribution in [1.29, 1.82) is 0 Å². The topological polar surface area (TPSA) is 49.3 Å². The van der Waals surface area contributed by atoms with E-state index in [2.05, 4.69) is 5.32 Å². The molecule has 1 aliphatic carbocycles. The van der Waals surface area contributed by atoms with Crippen LogP contribution in [0.2, 0.25) is 5.02 Å². The molecule has 0 aromatic heterocycles. The summed E-state index contributed by atoms with van der Waals surface area (Å²) in [5.74, 6) is -0.733. The summed E-state index contributed by atoms with van der Waals surface area (Å²) in [6.07, 6.45) is 2.26. The highest BCUT2D eigenvalue weighted by Gasteiger charge is 2.45. The summed E-state index contributed by atoms with van der Waals surface area (Å²) in [5, 5.41) is 13.6. The Morgan fingerprint density at radius 3 is 3.05 bits per heavy atom. The first kappa shape index (κ1) is 14.7. The van der Waals surface area contributed by atoms with E-state index in [-0.39, 0.29) is 0 Å². The maximum Gasteiger partial charge on any atom is 0.323 e. The van der Waals surface area contributed by atoms with Gasteiger partial charge in [-0.05, 0) is 44.0 Å². The lowest BCUT2D eigenvalue weighted by molar-refractivity contribution is -0.144. The van der Waals surface area contributed by atoms with Gasteiger partial charge in [0, 0.05) is 15.2 Å². The standard InChI is InChI=1S/C14H18ClNO2S/c1-2-16-14(13(17)18)7-6-12(9-14)19-11-5-3-4-10(15)8-11/h3-5,8,12,16H,2,6-7,9H2,1H3,(H,17,18). The third kappa shape index (κ3) is 3.44. The minimum Gasteiger partial charge on any atom is -0.480 e. The largest absolute Gasteiger partial charge is 0.480 e. The highest BCUT2D eigenvalue weighted by atomic mass is 35.5. The molecule has 2 unspecified atom stereocenters. The van der Waals surface area contributed by atoms with Crippen molar-refractivity contribution in [2.75, 3.05) is 6.54 Å². The van der Waals surface area contributed by atoms with Gasteiger partial charge in [0.15, 0.2) is 0 Å². The van der Waals surface area contributed by atoms with Crippen LogP contribution in [0.1, 0.15) is 26.2 Å². The van der Waals surface area contributed by atoms with E-state index in [1.165, 1.54) is 0 Å². The monoisotopic (exact) mass is 299 g/mol. The van der Waals surface area contributed by atoms with Crippen LogP contribution in [0, 0.1) is 0 Å². The first-order valence-corrected chi connectivity index (χ1v) is 7.72. The number of benzene rings is 1. The Hall–Kier alpha value is -0.710. The van der Waals surface area contributed by atoms with Gasteiger partial charge < -0.3 is 10.4 Å². The van der Waals surface area contributed by atoms with Crippen molar-refractivity contribution in [3.8, 4) is 0 Å². The van der Waals surface area contributed by atoms with Crippen molar-refractivity contribution >= 4 is 29.3 Å². The fourth-order valence-electron chi connectivity index (χ4n) is 2.60. The van der Waals surface area contributed by atoms with Crippen LogP contribution >= 0.6 is 23.4 Å². The van der Waals surface area contributed by atoms with Gasteiger partial charge in [0.2, 0.25) is 0 Å². The average molecular weight is 300 g/mol. The summed E-state index contributed by atoms with van der Waals surface area (Å²) in [6.45, 7) is 2.63. The normalized spacial score (nSPS) is 26.5. The van der Waals surface area contributed by atoms with Crippen LogP contribution in [0.15, 0.2) is 29.2 Å². The molecule has 0 heterocycles. The minimum atomic E-state index is -0.745. The van der Waals surface area contributed by atoms with E-state index in [0.29, 0.717) is 24.6 Å². The molecule has 19 heavy (non-hydrogen) atoms. The predicted molar refractivity (Wildman–Crippen MR) is 79.0 cm³/mol. The van der Waals surface area contributed by atoms with Gasteiger partial charge in [-0.3, -0.25) is 4.79 Å². The number of hydrogen-bond acceptors (Lipinski definition) is 3. The van der Waals surface area contributed by atoms with Gasteiger partial charge >= 0.3 is 5.97 Å². The molecule has 0 aliphatic heterocycles. The summed E-state index contributed by atoms with van der Waals surface area (Å²) < 4.78 is 0. The number of halogens is 1. The second-order valence-electron chi connectivity index (χ2n) is 4.86. The Balaban J connectivity index is 2.03. The van der Waals surface area contributed by atoms with Crippen LogP contribution < -0.4 is 5.32 Å². The molecule has 0 spiro atoms. The molecule has 1 aromatic rings. The summed E-state index contributed by atoms with van der Waals surface area (Å²) in [7, 11) is 0. The number of rotatable bonds is 5. The van der Waals surface area contributed by atoms with Crippen molar-refractivity contribution in [3.63, 3.8) is 0 Å². The molecule has 1 aliphatic rings. The Morgan fingerprint density at radius 2 is 2.42 bits per heavy atom. The van der Waals surface area contributed by atoms with Gasteiger partial charge in [0.25, 0.3) is 0 Å². The molecule has 2 N–H and O–H groups in total. The van der Waals surface area contributed by atoms with Crippen LogP contribution in [0.5, 0.6) is 0 Å². The van der Waals surface area contributed by atoms with Crippen LogP contribution in [0.3, 0.4) is 0 Å². The van der Waals surface area contributed by atoms with Gasteiger partial charge in [0.05, 0.1) is 0 Å². The molecule has 5 heteroatoms. The molecule has 1 fully saturated rings. The lowest BCUT2D eigenvalue weighted by atomic mass is 9.98. The number of aliphatic carboxylic acids is 1. The highest BCUT2D eigenvalue weighted by molar-refractivity contribution is 8.00. The molecule has 1 saturated carbocycles. The number of nitrogens with one attached hydrogen (secondary N) is 1. The Kier molecular flexibility index (Phi) is 4.76. The Labute approximate surface area is 122 Å². The lowest BCUT2D eigenvalue weighted by Crippen LogP contribution is -2.50. The molecule has 2 atom stereocenters. The fourth-order valence-corrected chi connectivity index (χ4v) is 4.20. The number of carboxylic acids is 1. The summed E-state index contributed by atoms with van der Waals surface area (Å²) >= 11 is 7.69. The molecule has 2 rings (SSSR count). The number of thioether (sulfide) groups is 1. The number of hydrogen-bond donors (Lipinski definition) is 2. The SMILES string of the molecule is CCNC1(C(=O)O)CCC(Sc2cccc(Cl)c2)C1. The smallest absolute Gasteiger partial charge is 0.323 e. The molecule has 1 aromatic carbocycles. The molecular formula is C14H18ClNO2S. The molecule has 0 saturated heterocycles. The van der Waals surface area contributed by atoms with Crippen molar-refractivity contribution in [1.82, 2.24) is 5.32 Å². The van der Waals surface area contributed by atoms with Crippen molar-refractivity contribution in [3.05, 3.63) is 29.3 Å². The van der Waals surface area contributed by atoms with Gasteiger partial charge in [-0.15, -0.1) is 11.8 Å². The third-order valence-electron chi connectivity index (χ3n) is 3.49. The average Bonchev–Trinajstić information content (AvgIpc) is 2.74. The van der Waals surface area contributed by atoms with Crippen LogP contribution in [0.4, 0.5) is 0 Å². The van der Waals surface area contributed by atoms with Gasteiger partial charge in [0.1, 0.15) is 5.54 Å². The molecule has 0 amide bonds. The summed E-state index contributed by atoms with van der Waals surface area (Å²) in [6, 6.07) is 7.72. The zero-order valence-corrected chi connectivity index (χ0v) is 12.4. The van der Waals surface area contributed by atoms with E-state index in [9.17, 15) is 9.90 Å². The predicted octanol–water partition coefficient (Wildman–Crippen LogP) is 3.42. The van der Waals surface area contributed by atoms with Crippen LogP contribution in [-0.4, -0.2) is 28.4 Å². The van der Waals surface area contributed by atoms with Gasteiger partial charge in [-0.25, -0.2) is 0 Å². The number of carboxylic acid groups (broad SMARTS) is 1. The van der Waals surface area contributed by atoms with E-state index >= 15 is 0 Å². The van der Waals surface area contributed by atoms with E-state index in [4.69, 9.17) is 11.6 Å². The Morgan fingerprint density at radius 1 is 1.63 bits per heavy atom. The second kappa shape index (κ2) is 6.16. The second-order valence-corrected chi connectivity index (χ2v) is 6.67. The maximum atomic E-state index is 11.5. The first-order valence-electron chi connectivity index (χ1n) is 6.46. The molecular weight excluding hydrogens is 282 g/mol. The fraction of sp³-hybridized carbons (Fsp3) is 0.500. The highest BCUT2D eigenvalue weighted by Crippen LogP contribution is 2.40. The zero-order chi connectivity index (χ0) is 13.9. The van der Waals surface area contributed by atoms with E-state index in [1.807, 2.05) is 31.2 Å². The molecule has 3 nitrogen and oxygen atoms in total. The summed E-state index contributed by atoms with van der Waals surface area (Å²) in [5.41, 5.74) is -0.745. The third-order valence-corrected chi connectivity index (χ3v) is 4.99. The van der Waals surface area contributed by atoms with Crippen molar-refractivity contribution in [2.45, 2.75) is 41.9 Å². The van der Waals surface area contributed by atoms with Crippen LogP contribution in [-0.2, 0) is 4.79 Å². The quantitative estimate of drug-likeness (QED) is 0.875. The maximum absolute atomic E-state index is 11.5. The molecule has 0 bridgehead atoms. The van der Waals surface area contributed by atoms with Crippen molar-refractivity contribution < 1.29 is 9.90 Å². The lowest BCUT2D eigenvalue weighted by Gasteiger charge is -2.25. The van der Waals surface area contributed by atoms with E-state index in [0.717, 1.165) is 16.3 Å². The van der Waals surface area contributed by atoms with E-state index in [1.54, 1.807) is 11.8 Å². The molecule has 104 valence electrons. The zero-order valence-electron chi connectivity index (χ0n) is 10.9.